The van der Waals surface area contributed by atoms with Crippen LogP contribution in [0.4, 0.5) is 4.79 Å². The van der Waals surface area contributed by atoms with Gasteiger partial charge in [-0.2, -0.15) is 0 Å². The molecule has 2 aliphatic carbocycles. The van der Waals surface area contributed by atoms with Crippen molar-refractivity contribution in [3.63, 3.8) is 0 Å². The van der Waals surface area contributed by atoms with E-state index in [-0.39, 0.29) is 12.1 Å². The van der Waals surface area contributed by atoms with E-state index in [1.165, 1.54) is 31.3 Å². The molecular weight excluding hydrogens is 298 g/mol. The van der Waals surface area contributed by atoms with E-state index in [4.69, 9.17) is 4.74 Å². The molecule has 3 heteroatoms. The van der Waals surface area contributed by atoms with Crippen molar-refractivity contribution in [2.45, 2.75) is 51.0 Å². The molecule has 0 atom stereocenters. The molecule has 0 unspecified atom stereocenters. The molecule has 3 nitrogen and oxygen atoms in total. The molecule has 0 saturated heterocycles. The quantitative estimate of drug-likeness (QED) is 0.757. The first-order valence-corrected chi connectivity index (χ1v) is 8.92. The summed E-state index contributed by atoms with van der Waals surface area (Å²) in [6.45, 7) is 0. The van der Waals surface area contributed by atoms with Crippen LogP contribution in [0, 0.1) is 0 Å². The van der Waals surface area contributed by atoms with E-state index in [0.717, 1.165) is 24.8 Å². The van der Waals surface area contributed by atoms with Gasteiger partial charge in [-0.15, -0.1) is 0 Å². The summed E-state index contributed by atoms with van der Waals surface area (Å²) in [6, 6.07) is 8.01. The highest BCUT2D eigenvalue weighted by Gasteiger charge is 2.16. The largest absolute Gasteiger partial charge is 0.412 e. The van der Waals surface area contributed by atoms with Crippen LogP contribution in [0.3, 0.4) is 0 Å². The first kappa shape index (κ1) is 16.6. The van der Waals surface area contributed by atoms with Crippen LogP contribution in [0.1, 0.15) is 50.5 Å². The predicted octanol–water partition coefficient (Wildman–Crippen LogP) is 5.40. The number of ether oxygens (including phenoxy) is 1. The third-order valence-electron chi connectivity index (χ3n) is 4.59. The first-order valence-electron chi connectivity index (χ1n) is 8.92. The van der Waals surface area contributed by atoms with Gasteiger partial charge in [0.2, 0.25) is 0 Å². The van der Waals surface area contributed by atoms with E-state index < -0.39 is 0 Å². The maximum atomic E-state index is 12.2. The molecule has 0 spiro atoms. The summed E-state index contributed by atoms with van der Waals surface area (Å²) in [7, 11) is 0. The van der Waals surface area contributed by atoms with Crippen molar-refractivity contribution in [1.29, 1.82) is 0 Å². The van der Waals surface area contributed by atoms with Crippen LogP contribution in [0.25, 0.3) is 5.57 Å². The summed E-state index contributed by atoms with van der Waals surface area (Å²) in [5.74, 6) is 0.594. The molecule has 0 radical (unpaired) electrons. The summed E-state index contributed by atoms with van der Waals surface area (Å²) in [5, 5.41) is 3.02. The molecular formula is C21H25NO2. The zero-order chi connectivity index (χ0) is 16.6. The number of hydrogen-bond donors (Lipinski definition) is 1. The molecule has 1 aromatic carbocycles. The van der Waals surface area contributed by atoms with E-state index in [1.54, 1.807) is 0 Å². The lowest BCUT2D eigenvalue weighted by Crippen LogP contribution is -2.36. The lowest BCUT2D eigenvalue weighted by Gasteiger charge is -2.16. The third kappa shape index (κ3) is 4.85. The van der Waals surface area contributed by atoms with Crippen molar-refractivity contribution in [2.24, 2.45) is 0 Å². The van der Waals surface area contributed by atoms with Crippen LogP contribution < -0.4 is 10.1 Å². The maximum Gasteiger partial charge on any atom is 0.412 e. The first-order chi connectivity index (χ1) is 11.8. The third-order valence-corrected chi connectivity index (χ3v) is 4.59. The smallest absolute Gasteiger partial charge is 0.410 e. The molecule has 0 aliphatic heterocycles. The van der Waals surface area contributed by atoms with Crippen LogP contribution in [0.5, 0.6) is 5.75 Å². The molecule has 1 aromatic rings. The van der Waals surface area contributed by atoms with Crippen LogP contribution >= 0.6 is 0 Å². The van der Waals surface area contributed by atoms with Crippen LogP contribution in [0.15, 0.2) is 54.6 Å². The van der Waals surface area contributed by atoms with Gasteiger partial charge in [0, 0.05) is 6.04 Å². The average Bonchev–Trinajstić information content (AvgIpc) is 3.00. The Hall–Kier alpha value is -2.29. The van der Waals surface area contributed by atoms with E-state index in [1.807, 2.05) is 36.4 Å². The lowest BCUT2D eigenvalue weighted by atomic mass is 10.0. The molecule has 126 valence electrons. The van der Waals surface area contributed by atoms with Crippen molar-refractivity contribution in [3.05, 3.63) is 60.2 Å². The Labute approximate surface area is 144 Å². The highest BCUT2D eigenvalue weighted by Crippen LogP contribution is 2.24. The average molecular weight is 323 g/mol. The number of amides is 1. The second kappa shape index (κ2) is 8.53. The van der Waals surface area contributed by atoms with Gasteiger partial charge in [-0.05, 0) is 42.5 Å². The number of rotatable bonds is 3. The zero-order valence-corrected chi connectivity index (χ0v) is 14.0. The Morgan fingerprint density at radius 2 is 1.88 bits per heavy atom. The predicted molar refractivity (Wildman–Crippen MR) is 98.0 cm³/mol. The van der Waals surface area contributed by atoms with Gasteiger partial charge >= 0.3 is 6.09 Å². The second-order valence-corrected chi connectivity index (χ2v) is 6.46. The number of nitrogens with one attached hydrogen (secondary N) is 1. The molecule has 24 heavy (non-hydrogen) atoms. The summed E-state index contributed by atoms with van der Waals surface area (Å²) in [6.07, 6.45) is 17.9. The van der Waals surface area contributed by atoms with E-state index in [2.05, 4.69) is 23.5 Å². The summed E-state index contributed by atoms with van der Waals surface area (Å²) >= 11 is 0. The minimum atomic E-state index is -0.339. The number of carbonyl (C=O) groups excluding carboxylic acids is 1. The van der Waals surface area contributed by atoms with Crippen molar-refractivity contribution >= 4 is 11.7 Å². The molecule has 0 bridgehead atoms. The minimum absolute atomic E-state index is 0.253. The topological polar surface area (TPSA) is 38.3 Å². The normalized spacial score (nSPS) is 18.4. The molecule has 3 rings (SSSR count). The van der Waals surface area contributed by atoms with Crippen LogP contribution in [-0.4, -0.2) is 12.1 Å². The SMILES string of the molecule is O=C(NC1CCCCCC1)Oc1cccc(C2=CC=CC=CC2)c1. The van der Waals surface area contributed by atoms with Crippen molar-refractivity contribution < 1.29 is 9.53 Å². The van der Waals surface area contributed by atoms with Crippen LogP contribution in [0.2, 0.25) is 0 Å². The molecule has 1 saturated carbocycles. The Morgan fingerprint density at radius 3 is 2.71 bits per heavy atom. The summed E-state index contributed by atoms with van der Waals surface area (Å²) in [5.41, 5.74) is 2.31. The fourth-order valence-electron chi connectivity index (χ4n) is 3.28. The zero-order valence-electron chi connectivity index (χ0n) is 14.0. The van der Waals surface area contributed by atoms with Gasteiger partial charge in [0.05, 0.1) is 0 Å². The number of carbonyl (C=O) groups is 1. The molecule has 1 amide bonds. The molecule has 1 fully saturated rings. The Balaban J connectivity index is 1.61. The molecule has 1 N–H and O–H groups in total. The Bertz CT molecular complexity index is 650. The minimum Gasteiger partial charge on any atom is -0.410 e. The molecule has 0 aromatic heterocycles. The highest BCUT2D eigenvalue weighted by atomic mass is 16.6. The monoisotopic (exact) mass is 323 g/mol. The van der Waals surface area contributed by atoms with Gasteiger partial charge in [-0.3, -0.25) is 0 Å². The number of benzene rings is 1. The fourth-order valence-corrected chi connectivity index (χ4v) is 3.28. The van der Waals surface area contributed by atoms with Crippen molar-refractivity contribution in [2.75, 3.05) is 0 Å². The fraction of sp³-hybridized carbons (Fsp3) is 0.381. The standard InChI is InChI=1S/C21H25NO2/c23-21(22-19-13-7-3-4-8-14-19)24-20-15-9-12-18(16-20)17-10-5-1-2-6-11-17/h1-2,5-6,9-10,12,15-16,19H,3-4,7-8,11,13-14H2,(H,22,23). The second-order valence-electron chi connectivity index (χ2n) is 6.46. The number of allylic oxidation sites excluding steroid dienone is 6. The van der Waals surface area contributed by atoms with Gasteiger partial charge in [0.1, 0.15) is 5.75 Å². The van der Waals surface area contributed by atoms with E-state index in [0.29, 0.717) is 5.75 Å². The van der Waals surface area contributed by atoms with Crippen LogP contribution in [-0.2, 0) is 0 Å². The van der Waals surface area contributed by atoms with E-state index in [9.17, 15) is 4.79 Å². The maximum absolute atomic E-state index is 12.2. The van der Waals surface area contributed by atoms with Gasteiger partial charge in [-0.25, -0.2) is 4.79 Å². The van der Waals surface area contributed by atoms with Crippen molar-refractivity contribution in [1.82, 2.24) is 5.32 Å². The van der Waals surface area contributed by atoms with Crippen molar-refractivity contribution in [3.8, 4) is 5.75 Å². The van der Waals surface area contributed by atoms with Gasteiger partial charge in [0.15, 0.2) is 0 Å². The van der Waals surface area contributed by atoms with E-state index >= 15 is 0 Å². The Kier molecular flexibility index (Phi) is 5.89. The molecule has 0 heterocycles. The molecule has 2 aliphatic rings. The van der Waals surface area contributed by atoms with Gasteiger partial charge < -0.3 is 10.1 Å². The summed E-state index contributed by atoms with van der Waals surface area (Å²) < 4.78 is 5.51. The summed E-state index contributed by atoms with van der Waals surface area (Å²) in [4.78, 5) is 12.2. The number of hydrogen-bond acceptors (Lipinski definition) is 2. The van der Waals surface area contributed by atoms with Gasteiger partial charge in [-0.1, -0.05) is 68.2 Å². The van der Waals surface area contributed by atoms with Gasteiger partial charge in [0.25, 0.3) is 0 Å². The highest BCUT2D eigenvalue weighted by molar-refractivity contribution is 5.73. The Morgan fingerprint density at radius 1 is 1.04 bits per heavy atom. The lowest BCUT2D eigenvalue weighted by molar-refractivity contribution is 0.194.